The average molecular weight is 369 g/mol. The van der Waals surface area contributed by atoms with Crippen LogP contribution in [-0.4, -0.2) is 37.1 Å². The van der Waals surface area contributed by atoms with Crippen LogP contribution in [0.2, 0.25) is 0 Å². The molecule has 6 heteroatoms. The van der Waals surface area contributed by atoms with Gasteiger partial charge in [-0.3, -0.25) is 9.59 Å². The number of fused-ring (bicyclic) bond motifs is 1. The molecule has 1 atom stereocenters. The van der Waals surface area contributed by atoms with Gasteiger partial charge in [-0.15, -0.1) is 0 Å². The van der Waals surface area contributed by atoms with Crippen LogP contribution < -0.4 is 14.4 Å². The van der Waals surface area contributed by atoms with Gasteiger partial charge < -0.3 is 19.5 Å². The molecule has 1 unspecified atom stereocenters. The van der Waals surface area contributed by atoms with Gasteiger partial charge in [0.25, 0.3) is 5.91 Å². The van der Waals surface area contributed by atoms with Gasteiger partial charge in [-0.2, -0.15) is 0 Å². The SMILES string of the molecule is COc1ccc(C(=O)CC2(O)C(=O)N(C(C)C)c3ccccc32)c(OC)c1. The Morgan fingerprint density at radius 3 is 2.48 bits per heavy atom. The van der Waals surface area contributed by atoms with E-state index in [1.807, 2.05) is 19.9 Å². The van der Waals surface area contributed by atoms with Crippen molar-refractivity contribution in [1.29, 1.82) is 0 Å². The first-order valence-corrected chi connectivity index (χ1v) is 8.74. The maximum atomic E-state index is 13.0. The standard InChI is InChI=1S/C21H23NO5/c1-13(2)22-17-8-6-5-7-16(17)21(25,20(22)24)12-18(23)15-10-9-14(26-3)11-19(15)27-4/h5-11,13,25H,12H2,1-4H3. The Labute approximate surface area is 158 Å². The molecule has 0 saturated heterocycles. The van der Waals surface area contributed by atoms with E-state index in [0.29, 0.717) is 28.3 Å². The second-order valence-electron chi connectivity index (χ2n) is 6.81. The van der Waals surface area contributed by atoms with Gasteiger partial charge in [0.1, 0.15) is 11.5 Å². The van der Waals surface area contributed by atoms with Gasteiger partial charge in [-0.05, 0) is 32.0 Å². The Balaban J connectivity index is 2.00. The molecule has 1 aliphatic heterocycles. The summed E-state index contributed by atoms with van der Waals surface area (Å²) in [5.41, 5.74) is -0.526. The number of Topliss-reactive ketones (excluding diaryl/α,β-unsaturated/α-hetero) is 1. The number of hydrogen-bond acceptors (Lipinski definition) is 5. The summed E-state index contributed by atoms with van der Waals surface area (Å²) in [6.45, 7) is 3.74. The molecule has 1 heterocycles. The lowest BCUT2D eigenvalue weighted by Gasteiger charge is -2.25. The zero-order valence-electron chi connectivity index (χ0n) is 15.9. The maximum Gasteiger partial charge on any atom is 0.264 e. The van der Waals surface area contributed by atoms with E-state index in [1.54, 1.807) is 36.4 Å². The molecule has 2 aromatic carbocycles. The molecule has 0 radical (unpaired) electrons. The third kappa shape index (κ3) is 3.06. The Bertz CT molecular complexity index is 892. The number of amides is 1. The largest absolute Gasteiger partial charge is 0.497 e. The number of benzene rings is 2. The first kappa shape index (κ1) is 18.9. The number of methoxy groups -OCH3 is 2. The Hall–Kier alpha value is -2.86. The summed E-state index contributed by atoms with van der Waals surface area (Å²) in [5.74, 6) is 0.0167. The number of hydrogen-bond donors (Lipinski definition) is 1. The number of anilines is 1. The number of ether oxygens (including phenoxy) is 2. The number of nitrogens with zero attached hydrogens (tertiary/aromatic N) is 1. The predicted octanol–water partition coefficient (Wildman–Crippen LogP) is 2.92. The van der Waals surface area contributed by atoms with Gasteiger partial charge >= 0.3 is 0 Å². The van der Waals surface area contributed by atoms with Crippen LogP contribution in [0.15, 0.2) is 42.5 Å². The fourth-order valence-corrected chi connectivity index (χ4v) is 3.50. The van der Waals surface area contributed by atoms with Gasteiger partial charge in [0.05, 0.1) is 31.9 Å². The molecule has 0 aromatic heterocycles. The van der Waals surface area contributed by atoms with Gasteiger partial charge in [0.15, 0.2) is 11.4 Å². The first-order chi connectivity index (χ1) is 12.8. The lowest BCUT2D eigenvalue weighted by molar-refractivity contribution is -0.136. The average Bonchev–Trinajstić information content (AvgIpc) is 2.88. The molecule has 27 heavy (non-hydrogen) atoms. The Morgan fingerprint density at radius 2 is 1.85 bits per heavy atom. The van der Waals surface area contributed by atoms with Gasteiger partial charge in [0, 0.05) is 17.7 Å². The maximum absolute atomic E-state index is 13.0. The summed E-state index contributed by atoms with van der Waals surface area (Å²) in [5, 5.41) is 11.2. The molecular formula is C21H23NO5. The van der Waals surface area contributed by atoms with E-state index >= 15 is 0 Å². The van der Waals surface area contributed by atoms with E-state index in [9.17, 15) is 14.7 Å². The smallest absolute Gasteiger partial charge is 0.264 e. The molecule has 0 fully saturated rings. The van der Waals surface area contributed by atoms with Crippen LogP contribution in [-0.2, 0) is 10.4 Å². The number of aliphatic hydroxyl groups is 1. The molecule has 1 aliphatic rings. The van der Waals surface area contributed by atoms with E-state index < -0.39 is 11.5 Å². The van der Waals surface area contributed by atoms with E-state index in [-0.39, 0.29) is 18.2 Å². The van der Waals surface area contributed by atoms with Crippen molar-refractivity contribution in [2.45, 2.75) is 31.9 Å². The van der Waals surface area contributed by atoms with E-state index in [1.165, 1.54) is 19.1 Å². The van der Waals surface area contributed by atoms with Crippen LogP contribution in [0.25, 0.3) is 0 Å². The third-order valence-corrected chi connectivity index (χ3v) is 4.82. The fourth-order valence-electron chi connectivity index (χ4n) is 3.50. The monoisotopic (exact) mass is 369 g/mol. The lowest BCUT2D eigenvalue weighted by Crippen LogP contribution is -2.44. The fraction of sp³-hybridized carbons (Fsp3) is 0.333. The molecule has 142 valence electrons. The zero-order valence-corrected chi connectivity index (χ0v) is 15.9. The lowest BCUT2D eigenvalue weighted by atomic mass is 9.88. The minimum absolute atomic E-state index is 0.140. The topological polar surface area (TPSA) is 76.1 Å². The molecule has 3 rings (SSSR count). The molecule has 0 spiro atoms. The van der Waals surface area contributed by atoms with Crippen LogP contribution in [0.5, 0.6) is 11.5 Å². The highest BCUT2D eigenvalue weighted by Gasteiger charge is 2.51. The number of ketones is 1. The normalized spacial score (nSPS) is 18.6. The second-order valence-corrected chi connectivity index (χ2v) is 6.81. The number of para-hydroxylation sites is 1. The highest BCUT2D eigenvalue weighted by molar-refractivity contribution is 6.11. The quantitative estimate of drug-likeness (QED) is 0.793. The number of carbonyl (C=O) groups is 2. The third-order valence-electron chi connectivity index (χ3n) is 4.82. The predicted molar refractivity (Wildman–Crippen MR) is 101 cm³/mol. The molecule has 1 amide bonds. The highest BCUT2D eigenvalue weighted by atomic mass is 16.5. The molecule has 1 N–H and O–H groups in total. The van der Waals surface area contributed by atoms with Gasteiger partial charge in [0.2, 0.25) is 0 Å². The number of rotatable bonds is 6. The van der Waals surface area contributed by atoms with Crippen molar-refractivity contribution < 1.29 is 24.2 Å². The molecule has 2 aromatic rings. The van der Waals surface area contributed by atoms with E-state index in [4.69, 9.17) is 9.47 Å². The summed E-state index contributed by atoms with van der Waals surface area (Å²) in [6.07, 6.45) is -0.366. The van der Waals surface area contributed by atoms with Crippen LogP contribution in [0, 0.1) is 0 Å². The summed E-state index contributed by atoms with van der Waals surface area (Å²) in [6, 6.07) is 11.7. The summed E-state index contributed by atoms with van der Waals surface area (Å²) >= 11 is 0. The van der Waals surface area contributed by atoms with Crippen molar-refractivity contribution >= 4 is 17.4 Å². The van der Waals surface area contributed by atoms with Crippen LogP contribution in [0.4, 0.5) is 5.69 Å². The molecule has 0 bridgehead atoms. The van der Waals surface area contributed by atoms with E-state index in [0.717, 1.165) is 0 Å². The van der Waals surface area contributed by atoms with Gasteiger partial charge in [-0.25, -0.2) is 0 Å². The van der Waals surface area contributed by atoms with E-state index in [2.05, 4.69) is 0 Å². The zero-order chi connectivity index (χ0) is 19.8. The second kappa shape index (κ2) is 7.04. The molecule has 0 aliphatic carbocycles. The first-order valence-electron chi connectivity index (χ1n) is 8.74. The Morgan fingerprint density at radius 1 is 1.15 bits per heavy atom. The highest BCUT2D eigenvalue weighted by Crippen LogP contribution is 2.44. The minimum Gasteiger partial charge on any atom is -0.497 e. The van der Waals surface area contributed by atoms with Crippen molar-refractivity contribution in [2.24, 2.45) is 0 Å². The van der Waals surface area contributed by atoms with Crippen molar-refractivity contribution in [2.75, 3.05) is 19.1 Å². The van der Waals surface area contributed by atoms with Crippen molar-refractivity contribution in [1.82, 2.24) is 0 Å². The molecule has 0 saturated carbocycles. The van der Waals surface area contributed by atoms with Crippen molar-refractivity contribution in [3.63, 3.8) is 0 Å². The summed E-state index contributed by atoms with van der Waals surface area (Å²) in [7, 11) is 2.98. The van der Waals surface area contributed by atoms with Crippen LogP contribution >= 0.6 is 0 Å². The summed E-state index contributed by atoms with van der Waals surface area (Å²) in [4.78, 5) is 27.5. The molecular weight excluding hydrogens is 346 g/mol. The minimum atomic E-state index is -1.90. The summed E-state index contributed by atoms with van der Waals surface area (Å²) < 4.78 is 10.4. The Kier molecular flexibility index (Phi) is 4.93. The van der Waals surface area contributed by atoms with Crippen LogP contribution in [0.3, 0.4) is 0 Å². The van der Waals surface area contributed by atoms with Gasteiger partial charge in [-0.1, -0.05) is 18.2 Å². The molecule has 6 nitrogen and oxygen atoms in total. The van der Waals surface area contributed by atoms with Crippen molar-refractivity contribution in [3.05, 3.63) is 53.6 Å². The number of carbonyl (C=O) groups excluding carboxylic acids is 2. The van der Waals surface area contributed by atoms with Crippen LogP contribution in [0.1, 0.15) is 36.2 Å². The van der Waals surface area contributed by atoms with Crippen molar-refractivity contribution in [3.8, 4) is 11.5 Å².